The van der Waals surface area contributed by atoms with Crippen molar-refractivity contribution in [2.75, 3.05) is 26.1 Å². The van der Waals surface area contributed by atoms with Crippen molar-refractivity contribution in [2.24, 2.45) is 0 Å². The summed E-state index contributed by atoms with van der Waals surface area (Å²) in [6.45, 7) is 0.315. The van der Waals surface area contributed by atoms with Crippen LogP contribution < -0.4 is 15.0 Å². The number of aromatic nitrogens is 1. The van der Waals surface area contributed by atoms with Gasteiger partial charge in [-0.1, -0.05) is 36.4 Å². The zero-order valence-corrected chi connectivity index (χ0v) is 18.3. The topological polar surface area (TPSA) is 67.6 Å². The molecular weight excluding hydrogens is 402 g/mol. The van der Waals surface area contributed by atoms with Gasteiger partial charge in [0.25, 0.3) is 5.91 Å². The molecule has 0 unspecified atom stereocenters. The first-order valence-corrected chi connectivity index (χ1v) is 10.3. The lowest BCUT2D eigenvalue weighted by Gasteiger charge is -2.12. The lowest BCUT2D eigenvalue weighted by Crippen LogP contribution is -2.24. The van der Waals surface area contributed by atoms with Crippen LogP contribution in [0.5, 0.6) is 5.75 Å². The molecule has 1 heterocycles. The standard InChI is InChI=1S/C26H25N3O3/c1-29(2)21-15-13-18(14-16-21)24-23(28-26(32-24)19-9-5-4-6-10-19)25(30)27-17-20-11-7-8-12-22(20)31-3/h4-16H,17H2,1-3H3,(H,27,30). The number of nitrogens with zero attached hydrogens (tertiary/aromatic N) is 2. The summed E-state index contributed by atoms with van der Waals surface area (Å²) in [5.74, 6) is 1.25. The van der Waals surface area contributed by atoms with Gasteiger partial charge in [0.05, 0.1) is 7.11 Å². The van der Waals surface area contributed by atoms with Crippen LogP contribution in [0.15, 0.2) is 83.3 Å². The van der Waals surface area contributed by atoms with Crippen LogP contribution in [0, 0.1) is 0 Å². The van der Waals surface area contributed by atoms with Crippen molar-refractivity contribution in [3.8, 4) is 28.5 Å². The van der Waals surface area contributed by atoms with E-state index in [1.165, 1.54) is 0 Å². The molecule has 1 aromatic heterocycles. The minimum atomic E-state index is -0.312. The van der Waals surface area contributed by atoms with Gasteiger partial charge in [0.15, 0.2) is 11.5 Å². The first-order chi connectivity index (χ1) is 15.6. The number of methoxy groups -OCH3 is 1. The number of benzene rings is 3. The molecule has 4 rings (SSSR count). The second kappa shape index (κ2) is 9.39. The number of hydrogen-bond acceptors (Lipinski definition) is 5. The molecule has 0 bridgehead atoms. The second-order valence-corrected chi connectivity index (χ2v) is 7.50. The second-order valence-electron chi connectivity index (χ2n) is 7.50. The first kappa shape index (κ1) is 21.2. The van der Waals surface area contributed by atoms with Crippen LogP contribution >= 0.6 is 0 Å². The van der Waals surface area contributed by atoms with Crippen LogP contribution in [0.25, 0.3) is 22.8 Å². The third-order valence-electron chi connectivity index (χ3n) is 5.14. The van der Waals surface area contributed by atoms with E-state index >= 15 is 0 Å². The summed E-state index contributed by atoms with van der Waals surface area (Å²) in [6.07, 6.45) is 0. The summed E-state index contributed by atoms with van der Waals surface area (Å²) < 4.78 is 11.5. The normalized spacial score (nSPS) is 10.6. The zero-order valence-electron chi connectivity index (χ0n) is 18.3. The van der Waals surface area contributed by atoms with E-state index in [4.69, 9.17) is 9.15 Å². The number of anilines is 1. The summed E-state index contributed by atoms with van der Waals surface area (Å²) >= 11 is 0. The fourth-order valence-corrected chi connectivity index (χ4v) is 3.39. The first-order valence-electron chi connectivity index (χ1n) is 10.3. The molecule has 0 saturated carbocycles. The maximum Gasteiger partial charge on any atom is 0.274 e. The average Bonchev–Trinajstić information content (AvgIpc) is 3.29. The minimum Gasteiger partial charge on any atom is -0.496 e. The van der Waals surface area contributed by atoms with E-state index in [-0.39, 0.29) is 11.6 Å². The zero-order chi connectivity index (χ0) is 22.5. The van der Waals surface area contributed by atoms with Gasteiger partial charge in [-0.05, 0) is 42.5 Å². The SMILES string of the molecule is COc1ccccc1CNC(=O)c1nc(-c2ccccc2)oc1-c1ccc(N(C)C)cc1. The van der Waals surface area contributed by atoms with E-state index < -0.39 is 0 Å². The molecule has 0 fully saturated rings. The Labute approximate surface area is 187 Å². The van der Waals surface area contributed by atoms with E-state index in [0.717, 1.165) is 28.1 Å². The Morgan fingerprint density at radius 1 is 0.938 bits per heavy atom. The van der Waals surface area contributed by atoms with Crippen LogP contribution in [0.2, 0.25) is 0 Å². The Morgan fingerprint density at radius 3 is 2.31 bits per heavy atom. The summed E-state index contributed by atoms with van der Waals surface area (Å²) in [4.78, 5) is 19.7. The molecule has 1 amide bonds. The van der Waals surface area contributed by atoms with Crippen molar-refractivity contribution in [3.63, 3.8) is 0 Å². The Balaban J connectivity index is 1.67. The quantitative estimate of drug-likeness (QED) is 0.449. The van der Waals surface area contributed by atoms with Crippen LogP contribution in [-0.2, 0) is 6.54 Å². The highest BCUT2D eigenvalue weighted by atomic mass is 16.5. The molecule has 32 heavy (non-hydrogen) atoms. The van der Waals surface area contributed by atoms with Gasteiger partial charge in [-0.25, -0.2) is 4.98 Å². The minimum absolute atomic E-state index is 0.247. The number of para-hydroxylation sites is 1. The highest BCUT2D eigenvalue weighted by Gasteiger charge is 2.22. The van der Waals surface area contributed by atoms with E-state index in [0.29, 0.717) is 18.2 Å². The van der Waals surface area contributed by atoms with Gasteiger partial charge < -0.3 is 19.4 Å². The number of oxazole rings is 1. The molecule has 162 valence electrons. The smallest absolute Gasteiger partial charge is 0.274 e. The van der Waals surface area contributed by atoms with Gasteiger partial charge in [0.1, 0.15) is 5.75 Å². The number of rotatable bonds is 7. The molecule has 0 saturated heterocycles. The summed E-state index contributed by atoms with van der Waals surface area (Å²) in [7, 11) is 5.57. The Morgan fingerprint density at radius 2 is 1.62 bits per heavy atom. The molecule has 0 radical (unpaired) electrons. The molecule has 0 atom stereocenters. The van der Waals surface area contributed by atoms with Crippen LogP contribution in [0.1, 0.15) is 16.1 Å². The highest BCUT2D eigenvalue weighted by Crippen LogP contribution is 2.31. The third kappa shape index (κ3) is 4.49. The summed E-state index contributed by atoms with van der Waals surface area (Å²) in [5.41, 5.74) is 3.78. The van der Waals surface area contributed by atoms with Gasteiger partial charge >= 0.3 is 0 Å². The Hall–Kier alpha value is -4.06. The largest absolute Gasteiger partial charge is 0.496 e. The molecule has 6 nitrogen and oxygen atoms in total. The van der Waals surface area contributed by atoms with Gasteiger partial charge in [-0.2, -0.15) is 0 Å². The third-order valence-corrected chi connectivity index (χ3v) is 5.14. The van der Waals surface area contributed by atoms with E-state index in [2.05, 4.69) is 10.3 Å². The van der Waals surface area contributed by atoms with Gasteiger partial charge in [-0.15, -0.1) is 0 Å². The molecule has 0 aliphatic carbocycles. The molecule has 0 spiro atoms. The summed E-state index contributed by atoms with van der Waals surface area (Å²) in [5, 5.41) is 2.94. The predicted octanol–water partition coefficient (Wildman–Crippen LogP) is 5.01. The van der Waals surface area contributed by atoms with E-state index in [1.807, 2.05) is 97.9 Å². The van der Waals surface area contributed by atoms with Crippen molar-refractivity contribution in [3.05, 3.63) is 90.1 Å². The van der Waals surface area contributed by atoms with Crippen molar-refractivity contribution in [1.29, 1.82) is 0 Å². The van der Waals surface area contributed by atoms with Crippen molar-refractivity contribution >= 4 is 11.6 Å². The number of hydrogen-bond donors (Lipinski definition) is 1. The predicted molar refractivity (Wildman–Crippen MR) is 126 cm³/mol. The van der Waals surface area contributed by atoms with Crippen molar-refractivity contribution in [2.45, 2.75) is 6.54 Å². The Bertz CT molecular complexity index is 1200. The molecule has 3 aromatic carbocycles. The average molecular weight is 428 g/mol. The molecule has 6 heteroatoms. The molecule has 1 N–H and O–H groups in total. The van der Waals surface area contributed by atoms with Crippen LogP contribution in [-0.4, -0.2) is 32.1 Å². The van der Waals surface area contributed by atoms with Crippen LogP contribution in [0.3, 0.4) is 0 Å². The summed E-state index contributed by atoms with van der Waals surface area (Å²) in [6, 6.07) is 25.0. The number of carbonyl (C=O) groups excluding carboxylic acids is 1. The number of ether oxygens (including phenoxy) is 1. The van der Waals surface area contributed by atoms with E-state index in [9.17, 15) is 4.79 Å². The number of amides is 1. The fourth-order valence-electron chi connectivity index (χ4n) is 3.39. The molecule has 0 aliphatic rings. The maximum atomic E-state index is 13.1. The van der Waals surface area contributed by atoms with E-state index in [1.54, 1.807) is 7.11 Å². The van der Waals surface area contributed by atoms with Crippen molar-refractivity contribution < 1.29 is 13.9 Å². The van der Waals surface area contributed by atoms with Crippen LogP contribution in [0.4, 0.5) is 5.69 Å². The maximum absolute atomic E-state index is 13.1. The monoisotopic (exact) mass is 427 g/mol. The van der Waals surface area contributed by atoms with Gasteiger partial charge in [0.2, 0.25) is 5.89 Å². The number of nitrogens with one attached hydrogen (secondary N) is 1. The van der Waals surface area contributed by atoms with Gasteiger partial charge in [-0.3, -0.25) is 4.79 Å². The molecule has 4 aromatic rings. The molecule has 0 aliphatic heterocycles. The van der Waals surface area contributed by atoms with Gasteiger partial charge in [0, 0.05) is 43.0 Å². The fraction of sp³-hybridized carbons (Fsp3) is 0.154. The highest BCUT2D eigenvalue weighted by molar-refractivity contribution is 5.98. The number of carbonyl (C=O) groups is 1. The lowest BCUT2D eigenvalue weighted by molar-refractivity contribution is 0.0946. The van der Waals surface area contributed by atoms with Crippen molar-refractivity contribution in [1.82, 2.24) is 10.3 Å². The lowest BCUT2D eigenvalue weighted by atomic mass is 10.1. The Kier molecular flexibility index (Phi) is 6.22. The molecular formula is C26H25N3O3.